The van der Waals surface area contributed by atoms with Gasteiger partial charge in [-0.05, 0) is 57.7 Å². The van der Waals surface area contributed by atoms with Gasteiger partial charge in [0, 0.05) is 25.2 Å². The van der Waals surface area contributed by atoms with Crippen LogP contribution in [0.15, 0.2) is 30.5 Å². The van der Waals surface area contributed by atoms with Crippen LogP contribution in [0.4, 0.5) is 27.9 Å². The molecule has 210 valence electrons. The van der Waals surface area contributed by atoms with Crippen molar-refractivity contribution in [2.24, 2.45) is 0 Å². The zero-order valence-corrected chi connectivity index (χ0v) is 23.2. The molecule has 0 saturated heterocycles. The first kappa shape index (κ1) is 28.1. The maximum absolute atomic E-state index is 13.1. The quantitative estimate of drug-likeness (QED) is 0.450. The molecule has 3 N–H and O–H groups in total. The molecule has 0 radical (unpaired) electrons. The number of hydrogen-bond acceptors (Lipinski definition) is 8. The van der Waals surface area contributed by atoms with Crippen LogP contribution in [0.5, 0.6) is 0 Å². The maximum Gasteiger partial charge on any atom is 0.408 e. The first-order valence-corrected chi connectivity index (χ1v) is 13.5. The number of hydrogen-bond donors (Lipinski definition) is 3. The number of carbonyl (C=O) groups is 3. The Bertz CT molecular complexity index is 1210. The standard InChI is InChI=1S/C28H38N6O5/c1-6-21-24(35)33(5)22-16-29-26(32-23(22)34(21)19-9-7-8-10-19)30-18-13-11-17(12-14-18)15-20(25(36)37)31-27(38)39-28(2,3)4/h11-14,16,19-21H,6-10,15H2,1-5H3,(H,31,38)(H,36,37)(H,29,30,32)/t20?,21-/m1/s1. The summed E-state index contributed by atoms with van der Waals surface area (Å²) < 4.78 is 5.18. The molecule has 2 atom stereocenters. The third-order valence-corrected chi connectivity index (χ3v) is 7.05. The second-order valence-corrected chi connectivity index (χ2v) is 11.1. The molecule has 2 amide bonds. The van der Waals surface area contributed by atoms with E-state index >= 15 is 0 Å². The molecule has 1 saturated carbocycles. The lowest BCUT2D eigenvalue weighted by Crippen LogP contribution is -2.55. The fourth-order valence-electron chi connectivity index (χ4n) is 5.18. The van der Waals surface area contributed by atoms with Gasteiger partial charge in [-0.2, -0.15) is 4.98 Å². The Morgan fingerprint density at radius 2 is 1.85 bits per heavy atom. The Kier molecular flexibility index (Phi) is 8.27. The monoisotopic (exact) mass is 538 g/mol. The van der Waals surface area contributed by atoms with Crippen LogP contribution in [0, 0.1) is 0 Å². The number of aromatic nitrogens is 2. The number of rotatable bonds is 8. The van der Waals surface area contributed by atoms with Crippen LogP contribution in [-0.4, -0.2) is 63.8 Å². The average Bonchev–Trinajstić information content (AvgIpc) is 3.40. The summed E-state index contributed by atoms with van der Waals surface area (Å²) in [7, 11) is 1.77. The summed E-state index contributed by atoms with van der Waals surface area (Å²) in [6, 6.07) is 6.10. The van der Waals surface area contributed by atoms with Crippen LogP contribution in [0.25, 0.3) is 0 Å². The number of fused-ring (bicyclic) bond motifs is 1. The van der Waals surface area contributed by atoms with Crippen molar-refractivity contribution in [1.29, 1.82) is 0 Å². The zero-order chi connectivity index (χ0) is 28.3. The summed E-state index contributed by atoms with van der Waals surface area (Å²) in [4.78, 5) is 50.0. The number of nitrogens with one attached hydrogen (secondary N) is 2. The number of alkyl carbamates (subject to hydrolysis) is 1. The summed E-state index contributed by atoms with van der Waals surface area (Å²) >= 11 is 0. The smallest absolute Gasteiger partial charge is 0.408 e. The summed E-state index contributed by atoms with van der Waals surface area (Å²) in [5.74, 6) is 0.100. The Morgan fingerprint density at radius 3 is 2.44 bits per heavy atom. The van der Waals surface area contributed by atoms with Gasteiger partial charge in [-0.25, -0.2) is 14.6 Å². The van der Waals surface area contributed by atoms with Gasteiger partial charge in [0.25, 0.3) is 0 Å². The van der Waals surface area contributed by atoms with Crippen molar-refractivity contribution in [3.63, 3.8) is 0 Å². The van der Waals surface area contributed by atoms with E-state index in [1.807, 2.05) is 19.1 Å². The van der Waals surface area contributed by atoms with Gasteiger partial charge >= 0.3 is 12.1 Å². The van der Waals surface area contributed by atoms with Crippen LogP contribution in [0.3, 0.4) is 0 Å². The minimum atomic E-state index is -1.15. The number of likely N-dealkylation sites (N-methyl/N-ethyl adjacent to an activating group) is 1. The summed E-state index contributed by atoms with van der Waals surface area (Å²) in [5.41, 5.74) is 1.43. The Morgan fingerprint density at radius 1 is 1.18 bits per heavy atom. The van der Waals surface area contributed by atoms with Crippen molar-refractivity contribution in [1.82, 2.24) is 15.3 Å². The molecule has 1 fully saturated rings. The normalized spacial score (nSPS) is 18.5. The van der Waals surface area contributed by atoms with Gasteiger partial charge in [-0.1, -0.05) is 31.9 Å². The molecule has 11 heteroatoms. The number of amides is 2. The van der Waals surface area contributed by atoms with E-state index in [1.165, 1.54) is 0 Å². The molecule has 4 rings (SSSR count). The molecule has 1 aliphatic carbocycles. The van der Waals surface area contributed by atoms with Gasteiger partial charge < -0.3 is 30.3 Å². The van der Waals surface area contributed by atoms with Crippen molar-refractivity contribution in [3.05, 3.63) is 36.0 Å². The number of ether oxygens (including phenoxy) is 1. The van der Waals surface area contributed by atoms with E-state index in [9.17, 15) is 19.5 Å². The Labute approximate surface area is 228 Å². The van der Waals surface area contributed by atoms with Crippen LogP contribution in [0.2, 0.25) is 0 Å². The first-order chi connectivity index (χ1) is 18.5. The van der Waals surface area contributed by atoms with Crippen LogP contribution < -0.4 is 20.4 Å². The second kappa shape index (κ2) is 11.5. The molecule has 1 aromatic heterocycles. The molecule has 0 bridgehead atoms. The minimum Gasteiger partial charge on any atom is -0.480 e. The minimum absolute atomic E-state index is 0.0672. The van der Waals surface area contributed by atoms with Gasteiger partial charge in [0.2, 0.25) is 11.9 Å². The fraction of sp³-hybridized carbons (Fsp3) is 0.536. The van der Waals surface area contributed by atoms with E-state index < -0.39 is 23.7 Å². The van der Waals surface area contributed by atoms with Crippen molar-refractivity contribution < 1.29 is 24.2 Å². The Hall–Kier alpha value is -3.89. The van der Waals surface area contributed by atoms with Crippen LogP contribution >= 0.6 is 0 Å². The Balaban J connectivity index is 1.49. The molecule has 11 nitrogen and oxygen atoms in total. The number of aliphatic carboxylic acids is 1. The summed E-state index contributed by atoms with van der Waals surface area (Å²) in [5, 5.41) is 15.2. The zero-order valence-electron chi connectivity index (χ0n) is 23.2. The fourth-order valence-corrected chi connectivity index (χ4v) is 5.18. The number of benzene rings is 1. The summed E-state index contributed by atoms with van der Waals surface area (Å²) in [6.45, 7) is 7.18. The van der Waals surface area contributed by atoms with Gasteiger partial charge in [0.05, 0.1) is 6.20 Å². The van der Waals surface area contributed by atoms with E-state index in [0.717, 1.165) is 42.8 Å². The highest BCUT2D eigenvalue weighted by Gasteiger charge is 2.41. The lowest BCUT2D eigenvalue weighted by Gasteiger charge is -2.43. The highest BCUT2D eigenvalue weighted by molar-refractivity contribution is 6.04. The molecule has 2 aliphatic rings. The molecule has 0 spiro atoms. The van der Waals surface area contributed by atoms with Gasteiger partial charge in [-0.15, -0.1) is 0 Å². The number of nitrogens with zero attached hydrogens (tertiary/aromatic N) is 4. The van der Waals surface area contributed by atoms with E-state index in [-0.39, 0.29) is 24.4 Å². The van der Waals surface area contributed by atoms with Crippen LogP contribution in [-0.2, 0) is 20.7 Å². The number of carboxylic acid groups (broad SMARTS) is 1. The highest BCUT2D eigenvalue weighted by Crippen LogP contribution is 2.40. The molecule has 39 heavy (non-hydrogen) atoms. The van der Waals surface area contributed by atoms with E-state index in [2.05, 4.69) is 20.5 Å². The molecule has 1 aliphatic heterocycles. The van der Waals surface area contributed by atoms with E-state index in [0.29, 0.717) is 18.1 Å². The molecule has 1 aromatic carbocycles. The maximum atomic E-state index is 13.1. The molecule has 2 aromatic rings. The summed E-state index contributed by atoms with van der Waals surface area (Å²) in [6.07, 6.45) is 6.09. The number of carbonyl (C=O) groups excluding carboxylic acids is 2. The predicted molar refractivity (Wildman–Crippen MR) is 148 cm³/mol. The topological polar surface area (TPSA) is 137 Å². The molecular formula is C28H38N6O5. The molecular weight excluding hydrogens is 500 g/mol. The number of carboxylic acids is 1. The second-order valence-electron chi connectivity index (χ2n) is 11.1. The first-order valence-electron chi connectivity index (χ1n) is 13.5. The van der Waals surface area contributed by atoms with Crippen molar-refractivity contribution in [2.45, 2.75) is 89.9 Å². The SMILES string of the molecule is CC[C@@H]1C(=O)N(C)c2cnc(Nc3ccc(CC(NC(=O)OC(C)(C)C)C(=O)O)cc3)nc2N1C1CCCC1. The third-order valence-electron chi connectivity index (χ3n) is 7.05. The van der Waals surface area contributed by atoms with E-state index in [1.54, 1.807) is 51.0 Å². The average molecular weight is 539 g/mol. The van der Waals surface area contributed by atoms with E-state index in [4.69, 9.17) is 9.72 Å². The molecule has 1 unspecified atom stereocenters. The predicted octanol–water partition coefficient (Wildman–Crippen LogP) is 4.24. The lowest BCUT2D eigenvalue weighted by atomic mass is 10.0. The van der Waals surface area contributed by atoms with Gasteiger partial charge in [-0.3, -0.25) is 4.79 Å². The largest absolute Gasteiger partial charge is 0.480 e. The third kappa shape index (κ3) is 6.58. The highest BCUT2D eigenvalue weighted by atomic mass is 16.6. The lowest BCUT2D eigenvalue weighted by molar-refractivity contribution is -0.139. The van der Waals surface area contributed by atoms with Gasteiger partial charge in [0.15, 0.2) is 5.82 Å². The van der Waals surface area contributed by atoms with Gasteiger partial charge in [0.1, 0.15) is 23.4 Å². The van der Waals surface area contributed by atoms with Crippen molar-refractivity contribution in [3.8, 4) is 0 Å². The van der Waals surface area contributed by atoms with Crippen molar-refractivity contribution >= 4 is 41.1 Å². The molecule has 2 heterocycles. The number of anilines is 4. The van der Waals surface area contributed by atoms with Crippen molar-refractivity contribution in [2.75, 3.05) is 22.2 Å². The van der Waals surface area contributed by atoms with Crippen LogP contribution in [0.1, 0.15) is 65.4 Å².